The topological polar surface area (TPSA) is 54.4 Å². The lowest BCUT2D eigenvalue weighted by atomic mass is 10.1. The van der Waals surface area contributed by atoms with Crippen LogP contribution in [0.1, 0.15) is 12.8 Å². The largest absolute Gasteiger partial charge is 0.481 e. The van der Waals surface area contributed by atoms with Crippen LogP contribution < -0.4 is 0 Å². The molecule has 9 heavy (non-hydrogen) atoms. The third kappa shape index (κ3) is 1.28. The Hall–Kier alpha value is -0.860. The molecule has 1 aliphatic carbocycles. The zero-order valence-corrected chi connectivity index (χ0v) is 4.91. The molecule has 1 aliphatic rings. The van der Waals surface area contributed by atoms with Crippen LogP contribution in [0.4, 0.5) is 0 Å². The van der Waals surface area contributed by atoms with Crippen molar-refractivity contribution in [1.82, 2.24) is 0 Å². The van der Waals surface area contributed by atoms with Crippen molar-refractivity contribution < 1.29 is 14.7 Å². The van der Waals surface area contributed by atoms with Gasteiger partial charge in [-0.2, -0.15) is 0 Å². The zero-order valence-electron chi connectivity index (χ0n) is 4.91. The Balaban J connectivity index is 2.47. The van der Waals surface area contributed by atoms with Crippen LogP contribution in [-0.2, 0) is 9.59 Å². The second-order valence-corrected chi connectivity index (χ2v) is 2.34. The standard InChI is InChI=1S/C6H8O3/c7-3-5(6(8)9)4-1-2-4/h3-5H,1-2H2,(H,8,9). The first-order valence-corrected chi connectivity index (χ1v) is 2.94. The van der Waals surface area contributed by atoms with Crippen molar-refractivity contribution in [2.24, 2.45) is 11.8 Å². The Bertz CT molecular complexity index is 137. The molecule has 0 aliphatic heterocycles. The van der Waals surface area contributed by atoms with Gasteiger partial charge in [0, 0.05) is 0 Å². The number of carboxylic acids is 1. The van der Waals surface area contributed by atoms with Crippen LogP contribution in [0.3, 0.4) is 0 Å². The van der Waals surface area contributed by atoms with E-state index in [1.165, 1.54) is 0 Å². The Morgan fingerprint density at radius 2 is 2.22 bits per heavy atom. The van der Waals surface area contributed by atoms with E-state index in [0.717, 1.165) is 12.8 Å². The first-order valence-electron chi connectivity index (χ1n) is 2.94. The summed E-state index contributed by atoms with van der Waals surface area (Å²) >= 11 is 0. The number of aliphatic carboxylic acids is 1. The minimum atomic E-state index is -0.979. The van der Waals surface area contributed by atoms with E-state index >= 15 is 0 Å². The Morgan fingerprint density at radius 1 is 1.67 bits per heavy atom. The van der Waals surface area contributed by atoms with E-state index in [1.54, 1.807) is 0 Å². The lowest BCUT2D eigenvalue weighted by Gasteiger charge is -1.97. The smallest absolute Gasteiger partial charge is 0.314 e. The molecular formula is C6H8O3. The van der Waals surface area contributed by atoms with E-state index in [0.29, 0.717) is 6.29 Å². The molecule has 3 heteroatoms. The molecule has 3 nitrogen and oxygen atoms in total. The van der Waals surface area contributed by atoms with Gasteiger partial charge in [-0.1, -0.05) is 0 Å². The van der Waals surface area contributed by atoms with Gasteiger partial charge in [-0.3, -0.25) is 4.79 Å². The number of hydrogen-bond acceptors (Lipinski definition) is 2. The van der Waals surface area contributed by atoms with Crippen molar-refractivity contribution >= 4 is 12.3 Å². The van der Waals surface area contributed by atoms with Crippen molar-refractivity contribution in [3.05, 3.63) is 0 Å². The number of carbonyl (C=O) groups is 2. The normalized spacial score (nSPS) is 20.9. The summed E-state index contributed by atoms with van der Waals surface area (Å²) in [5.74, 6) is -1.57. The second kappa shape index (κ2) is 2.17. The van der Waals surface area contributed by atoms with Crippen LogP contribution in [0.15, 0.2) is 0 Å². The van der Waals surface area contributed by atoms with E-state index in [1.807, 2.05) is 0 Å². The predicted molar refractivity (Wildman–Crippen MR) is 29.9 cm³/mol. The third-order valence-corrected chi connectivity index (χ3v) is 1.56. The molecule has 1 rings (SSSR count). The maximum Gasteiger partial charge on any atom is 0.314 e. The molecule has 50 valence electrons. The summed E-state index contributed by atoms with van der Waals surface area (Å²) in [4.78, 5) is 20.2. The average Bonchev–Trinajstić information content (AvgIpc) is 2.50. The highest BCUT2D eigenvalue weighted by Crippen LogP contribution is 2.35. The van der Waals surface area contributed by atoms with Gasteiger partial charge in [0.1, 0.15) is 12.2 Å². The second-order valence-electron chi connectivity index (χ2n) is 2.34. The van der Waals surface area contributed by atoms with Gasteiger partial charge in [-0.25, -0.2) is 0 Å². The Morgan fingerprint density at radius 3 is 2.33 bits per heavy atom. The van der Waals surface area contributed by atoms with Gasteiger partial charge in [0.2, 0.25) is 0 Å². The van der Waals surface area contributed by atoms with Gasteiger partial charge >= 0.3 is 5.97 Å². The van der Waals surface area contributed by atoms with Crippen molar-refractivity contribution in [3.8, 4) is 0 Å². The maximum absolute atomic E-state index is 10.2. The monoisotopic (exact) mass is 128 g/mol. The molecule has 0 spiro atoms. The minimum absolute atomic E-state index is 0.139. The summed E-state index contributed by atoms with van der Waals surface area (Å²) in [6.45, 7) is 0. The molecule has 0 amide bonds. The number of hydrogen-bond donors (Lipinski definition) is 1. The molecule has 1 N–H and O–H groups in total. The van der Waals surface area contributed by atoms with Crippen molar-refractivity contribution in [1.29, 1.82) is 0 Å². The molecule has 0 aromatic carbocycles. The quantitative estimate of drug-likeness (QED) is 0.439. The summed E-state index contributed by atoms with van der Waals surface area (Å²) in [6.07, 6.45) is 2.32. The molecule has 0 heterocycles. The van der Waals surface area contributed by atoms with Crippen LogP contribution in [0.5, 0.6) is 0 Å². The Labute approximate surface area is 52.7 Å². The fourth-order valence-corrected chi connectivity index (χ4v) is 0.826. The number of rotatable bonds is 3. The van der Waals surface area contributed by atoms with Gasteiger partial charge in [0.25, 0.3) is 0 Å². The molecule has 1 saturated carbocycles. The van der Waals surface area contributed by atoms with E-state index in [2.05, 4.69) is 0 Å². The van der Waals surface area contributed by atoms with Crippen LogP contribution in [0.25, 0.3) is 0 Å². The fraction of sp³-hybridized carbons (Fsp3) is 0.667. The summed E-state index contributed by atoms with van der Waals surface area (Å²) in [7, 11) is 0. The summed E-state index contributed by atoms with van der Waals surface area (Å²) in [5.41, 5.74) is 0. The SMILES string of the molecule is O=CC(C(=O)O)C1CC1. The number of carbonyl (C=O) groups excluding carboxylic acids is 1. The number of aldehydes is 1. The van der Waals surface area contributed by atoms with Gasteiger partial charge in [-0.05, 0) is 18.8 Å². The van der Waals surface area contributed by atoms with Gasteiger partial charge in [0.05, 0.1) is 0 Å². The molecule has 0 aromatic rings. The summed E-state index contributed by atoms with van der Waals surface area (Å²) < 4.78 is 0. The molecule has 0 aromatic heterocycles. The van der Waals surface area contributed by atoms with E-state index in [4.69, 9.17) is 5.11 Å². The predicted octanol–water partition coefficient (Wildman–Crippen LogP) is 0.296. The van der Waals surface area contributed by atoms with Gasteiger partial charge < -0.3 is 9.90 Å². The zero-order chi connectivity index (χ0) is 6.85. The van der Waals surface area contributed by atoms with E-state index in [9.17, 15) is 9.59 Å². The number of carboxylic acid groups (broad SMARTS) is 1. The third-order valence-electron chi connectivity index (χ3n) is 1.56. The highest BCUT2D eigenvalue weighted by Gasteiger charge is 2.35. The van der Waals surface area contributed by atoms with Crippen molar-refractivity contribution in [2.75, 3.05) is 0 Å². The molecule has 0 saturated heterocycles. The Kier molecular flexibility index (Phi) is 1.51. The molecule has 1 fully saturated rings. The lowest BCUT2D eigenvalue weighted by molar-refractivity contribution is -0.144. The molecular weight excluding hydrogens is 120 g/mol. The lowest BCUT2D eigenvalue weighted by Crippen LogP contribution is -2.16. The van der Waals surface area contributed by atoms with E-state index < -0.39 is 11.9 Å². The molecule has 0 radical (unpaired) electrons. The molecule has 0 bridgehead atoms. The van der Waals surface area contributed by atoms with Crippen LogP contribution in [0, 0.1) is 11.8 Å². The molecule has 1 unspecified atom stereocenters. The van der Waals surface area contributed by atoms with Crippen molar-refractivity contribution in [3.63, 3.8) is 0 Å². The van der Waals surface area contributed by atoms with Gasteiger partial charge in [0.15, 0.2) is 0 Å². The minimum Gasteiger partial charge on any atom is -0.481 e. The molecule has 1 atom stereocenters. The van der Waals surface area contributed by atoms with Crippen molar-refractivity contribution in [2.45, 2.75) is 12.8 Å². The summed E-state index contributed by atoms with van der Waals surface area (Å²) in [5, 5.41) is 8.35. The van der Waals surface area contributed by atoms with Crippen LogP contribution >= 0.6 is 0 Å². The first-order chi connectivity index (χ1) is 4.25. The first kappa shape index (κ1) is 6.26. The maximum atomic E-state index is 10.2. The fourth-order valence-electron chi connectivity index (χ4n) is 0.826. The van der Waals surface area contributed by atoms with E-state index in [-0.39, 0.29) is 5.92 Å². The highest BCUT2D eigenvalue weighted by molar-refractivity contribution is 5.87. The average molecular weight is 128 g/mol. The summed E-state index contributed by atoms with van der Waals surface area (Å²) in [6, 6.07) is 0. The van der Waals surface area contributed by atoms with Gasteiger partial charge in [-0.15, -0.1) is 0 Å². The highest BCUT2D eigenvalue weighted by atomic mass is 16.4. The van der Waals surface area contributed by atoms with Crippen LogP contribution in [-0.4, -0.2) is 17.4 Å². The van der Waals surface area contributed by atoms with Crippen LogP contribution in [0.2, 0.25) is 0 Å².